The fourth-order valence-electron chi connectivity index (χ4n) is 2.94. The molecule has 0 saturated carbocycles. The van der Waals surface area contributed by atoms with Crippen molar-refractivity contribution >= 4 is 17.7 Å². The highest BCUT2D eigenvalue weighted by Gasteiger charge is 2.32. The Bertz CT molecular complexity index is 266. The Hall–Kier alpha value is -0.220. The average molecular weight is 256 g/mol. The summed E-state index contributed by atoms with van der Waals surface area (Å²) in [4.78, 5) is 14.5. The number of carbonyl (C=O) groups is 1. The van der Waals surface area contributed by atoms with Crippen molar-refractivity contribution in [2.24, 2.45) is 5.92 Å². The molecule has 0 spiro atoms. The van der Waals surface area contributed by atoms with Crippen LogP contribution in [0.15, 0.2) is 0 Å². The highest BCUT2D eigenvalue weighted by molar-refractivity contribution is 8.00. The maximum Gasteiger partial charge on any atom is 0.240 e. The molecule has 98 valence electrons. The van der Waals surface area contributed by atoms with Crippen molar-refractivity contribution in [2.75, 3.05) is 25.9 Å². The second kappa shape index (κ2) is 6.10. The molecule has 0 aromatic rings. The zero-order chi connectivity index (χ0) is 12.3. The normalized spacial score (nSPS) is 35.1. The third-order valence-corrected chi connectivity index (χ3v) is 5.37. The molecule has 2 fully saturated rings. The van der Waals surface area contributed by atoms with E-state index in [1.807, 2.05) is 18.8 Å². The number of hydrogen-bond donors (Lipinski definition) is 1. The minimum atomic E-state index is 0.0314. The van der Waals surface area contributed by atoms with Crippen molar-refractivity contribution < 1.29 is 4.79 Å². The molecule has 3 unspecified atom stereocenters. The summed E-state index contributed by atoms with van der Waals surface area (Å²) in [5.41, 5.74) is 0. The molecule has 2 rings (SSSR count). The molecule has 0 bridgehead atoms. The van der Waals surface area contributed by atoms with E-state index >= 15 is 0 Å². The number of nitrogens with zero attached hydrogens (tertiary/aromatic N) is 1. The zero-order valence-corrected chi connectivity index (χ0v) is 11.8. The Morgan fingerprint density at radius 2 is 2.24 bits per heavy atom. The minimum absolute atomic E-state index is 0.0314. The summed E-state index contributed by atoms with van der Waals surface area (Å²) >= 11 is 2.04. The molecule has 3 atom stereocenters. The molecule has 1 amide bonds. The van der Waals surface area contributed by atoms with E-state index < -0.39 is 0 Å². The molecule has 3 nitrogen and oxygen atoms in total. The lowest BCUT2D eigenvalue weighted by Gasteiger charge is -2.28. The summed E-state index contributed by atoms with van der Waals surface area (Å²) in [7, 11) is 1.91. The largest absolute Gasteiger partial charge is 0.340 e. The summed E-state index contributed by atoms with van der Waals surface area (Å²) in [5, 5.41) is 3.89. The average Bonchev–Trinajstić information content (AvgIpc) is 2.76. The maximum absolute atomic E-state index is 12.4. The first-order valence-electron chi connectivity index (χ1n) is 6.80. The molecule has 2 aliphatic rings. The van der Waals surface area contributed by atoms with Crippen molar-refractivity contribution in [3.05, 3.63) is 0 Å². The molecule has 0 aromatic heterocycles. The van der Waals surface area contributed by atoms with Crippen LogP contribution in [0.1, 0.15) is 32.6 Å². The Kier molecular flexibility index (Phi) is 4.74. The van der Waals surface area contributed by atoms with Crippen LogP contribution in [-0.2, 0) is 4.79 Å². The smallest absolute Gasteiger partial charge is 0.240 e. The second-order valence-electron chi connectivity index (χ2n) is 5.31. The third kappa shape index (κ3) is 3.16. The number of amides is 1. The Morgan fingerprint density at radius 1 is 1.41 bits per heavy atom. The van der Waals surface area contributed by atoms with Gasteiger partial charge in [-0.1, -0.05) is 6.92 Å². The van der Waals surface area contributed by atoms with E-state index in [-0.39, 0.29) is 6.04 Å². The molecule has 2 aliphatic heterocycles. The van der Waals surface area contributed by atoms with Gasteiger partial charge in [-0.2, -0.15) is 11.8 Å². The number of rotatable bonds is 3. The van der Waals surface area contributed by atoms with Crippen molar-refractivity contribution in [2.45, 2.75) is 43.9 Å². The van der Waals surface area contributed by atoms with E-state index in [4.69, 9.17) is 0 Å². The van der Waals surface area contributed by atoms with Crippen molar-refractivity contribution in [1.82, 2.24) is 10.2 Å². The van der Waals surface area contributed by atoms with Gasteiger partial charge in [-0.3, -0.25) is 4.79 Å². The molecule has 0 aromatic carbocycles. The SMILES string of the molecule is CNC1C(=O)N(CC2CCCS2)CCCC1C. The van der Waals surface area contributed by atoms with E-state index in [0.717, 1.165) is 25.9 Å². The number of thioether (sulfide) groups is 1. The summed E-state index contributed by atoms with van der Waals surface area (Å²) < 4.78 is 0. The van der Waals surface area contributed by atoms with Gasteiger partial charge in [0.25, 0.3) is 0 Å². The van der Waals surface area contributed by atoms with Gasteiger partial charge in [-0.05, 0) is 44.4 Å². The first kappa shape index (κ1) is 13.2. The van der Waals surface area contributed by atoms with Gasteiger partial charge in [-0.25, -0.2) is 0 Å². The number of likely N-dealkylation sites (N-methyl/N-ethyl adjacent to an activating group) is 1. The number of hydrogen-bond acceptors (Lipinski definition) is 3. The minimum Gasteiger partial charge on any atom is -0.340 e. The molecule has 17 heavy (non-hydrogen) atoms. The Labute approximate surface area is 109 Å². The quantitative estimate of drug-likeness (QED) is 0.834. The van der Waals surface area contributed by atoms with Gasteiger partial charge < -0.3 is 10.2 Å². The molecular formula is C13H24N2OS. The van der Waals surface area contributed by atoms with Gasteiger partial charge in [0.15, 0.2) is 0 Å². The van der Waals surface area contributed by atoms with Gasteiger partial charge in [0.05, 0.1) is 6.04 Å². The summed E-state index contributed by atoms with van der Waals surface area (Å²) in [6.45, 7) is 4.11. The number of likely N-dealkylation sites (tertiary alicyclic amines) is 1. The van der Waals surface area contributed by atoms with Crippen LogP contribution in [-0.4, -0.2) is 48.0 Å². The molecule has 2 saturated heterocycles. The molecule has 2 heterocycles. The van der Waals surface area contributed by atoms with Crippen LogP contribution in [0.3, 0.4) is 0 Å². The lowest BCUT2D eigenvalue weighted by molar-refractivity contribution is -0.133. The van der Waals surface area contributed by atoms with Crippen LogP contribution >= 0.6 is 11.8 Å². The first-order valence-corrected chi connectivity index (χ1v) is 7.85. The fourth-order valence-corrected chi connectivity index (χ4v) is 4.23. The van der Waals surface area contributed by atoms with Gasteiger partial charge in [0.1, 0.15) is 0 Å². The Balaban J connectivity index is 1.97. The van der Waals surface area contributed by atoms with E-state index in [9.17, 15) is 4.79 Å². The predicted octanol–water partition coefficient (Wildman–Crippen LogP) is 1.73. The van der Waals surface area contributed by atoms with E-state index in [2.05, 4.69) is 17.1 Å². The van der Waals surface area contributed by atoms with Gasteiger partial charge in [-0.15, -0.1) is 0 Å². The zero-order valence-electron chi connectivity index (χ0n) is 10.9. The summed E-state index contributed by atoms with van der Waals surface area (Å²) in [6.07, 6.45) is 4.92. The first-order chi connectivity index (χ1) is 8.22. The molecular weight excluding hydrogens is 232 g/mol. The predicted molar refractivity (Wildman–Crippen MR) is 73.3 cm³/mol. The Morgan fingerprint density at radius 3 is 2.88 bits per heavy atom. The summed E-state index contributed by atoms with van der Waals surface area (Å²) in [6, 6.07) is 0.0314. The standard InChI is InChI=1S/C13H24N2OS/c1-10-5-3-7-15(13(16)12(10)14-2)9-11-6-4-8-17-11/h10-12,14H,3-9H2,1-2H3. The highest BCUT2D eigenvalue weighted by Crippen LogP contribution is 2.28. The molecule has 0 radical (unpaired) electrons. The topological polar surface area (TPSA) is 32.3 Å². The van der Waals surface area contributed by atoms with Crippen LogP contribution in [0, 0.1) is 5.92 Å². The fraction of sp³-hybridized carbons (Fsp3) is 0.923. The van der Waals surface area contributed by atoms with E-state index in [0.29, 0.717) is 17.1 Å². The van der Waals surface area contributed by atoms with Crippen LogP contribution in [0.5, 0.6) is 0 Å². The van der Waals surface area contributed by atoms with Gasteiger partial charge in [0, 0.05) is 18.3 Å². The van der Waals surface area contributed by atoms with Gasteiger partial charge in [0.2, 0.25) is 5.91 Å². The van der Waals surface area contributed by atoms with Gasteiger partial charge >= 0.3 is 0 Å². The van der Waals surface area contributed by atoms with Crippen molar-refractivity contribution in [3.63, 3.8) is 0 Å². The van der Waals surface area contributed by atoms with E-state index in [1.165, 1.54) is 18.6 Å². The number of carbonyl (C=O) groups excluding carboxylic acids is 1. The molecule has 0 aliphatic carbocycles. The number of nitrogens with one attached hydrogen (secondary N) is 1. The van der Waals surface area contributed by atoms with Crippen molar-refractivity contribution in [3.8, 4) is 0 Å². The molecule has 4 heteroatoms. The highest BCUT2D eigenvalue weighted by atomic mass is 32.2. The van der Waals surface area contributed by atoms with Crippen LogP contribution in [0.25, 0.3) is 0 Å². The molecule has 1 N–H and O–H groups in total. The maximum atomic E-state index is 12.4. The third-order valence-electron chi connectivity index (χ3n) is 3.99. The van der Waals surface area contributed by atoms with E-state index in [1.54, 1.807) is 0 Å². The monoisotopic (exact) mass is 256 g/mol. The van der Waals surface area contributed by atoms with Crippen molar-refractivity contribution in [1.29, 1.82) is 0 Å². The van der Waals surface area contributed by atoms with Crippen LogP contribution in [0.4, 0.5) is 0 Å². The van der Waals surface area contributed by atoms with Crippen LogP contribution in [0.2, 0.25) is 0 Å². The van der Waals surface area contributed by atoms with Crippen LogP contribution < -0.4 is 5.32 Å². The summed E-state index contributed by atoms with van der Waals surface area (Å²) in [5.74, 6) is 2.07. The second-order valence-corrected chi connectivity index (χ2v) is 6.71. The lowest BCUT2D eigenvalue weighted by atomic mass is 9.98. The lowest BCUT2D eigenvalue weighted by Crippen LogP contribution is -2.48.